The summed E-state index contributed by atoms with van der Waals surface area (Å²) in [5, 5.41) is 12.9. The van der Waals surface area contributed by atoms with Crippen LogP contribution in [0.25, 0.3) is 11.4 Å². The number of benzene rings is 1. The highest BCUT2D eigenvalue weighted by molar-refractivity contribution is 7.99. The molecule has 154 valence electrons. The number of carbonyl (C=O) groups is 1. The summed E-state index contributed by atoms with van der Waals surface area (Å²) in [4.78, 5) is 17.8. The third-order valence-corrected chi connectivity index (χ3v) is 6.18. The molecule has 0 aliphatic heterocycles. The summed E-state index contributed by atoms with van der Waals surface area (Å²) < 4.78 is 7.30. The Kier molecular flexibility index (Phi) is 6.92. The molecule has 1 aromatic carbocycles. The average Bonchev–Trinajstić information content (AvgIpc) is 3.22. The van der Waals surface area contributed by atoms with Gasteiger partial charge in [-0.2, -0.15) is 0 Å². The highest BCUT2D eigenvalue weighted by Crippen LogP contribution is 2.27. The minimum absolute atomic E-state index is 0.103. The lowest BCUT2D eigenvalue weighted by Gasteiger charge is -2.12. The summed E-state index contributed by atoms with van der Waals surface area (Å²) in [6.45, 7) is 8.99. The van der Waals surface area contributed by atoms with E-state index in [9.17, 15) is 4.79 Å². The van der Waals surface area contributed by atoms with Gasteiger partial charge in [-0.3, -0.25) is 4.79 Å². The molecule has 0 saturated carbocycles. The molecule has 9 heteroatoms. The van der Waals surface area contributed by atoms with E-state index in [0.717, 1.165) is 39.4 Å². The second-order valence-corrected chi connectivity index (χ2v) is 9.18. The maximum Gasteiger partial charge on any atom is 0.236 e. The number of thioether (sulfide) groups is 1. The number of thiazole rings is 1. The van der Waals surface area contributed by atoms with Gasteiger partial charge in [0.15, 0.2) is 16.1 Å². The Morgan fingerprint density at radius 1 is 1.24 bits per heavy atom. The zero-order chi connectivity index (χ0) is 21.0. The third kappa shape index (κ3) is 5.36. The molecule has 0 saturated heterocycles. The summed E-state index contributed by atoms with van der Waals surface area (Å²) >= 11 is 2.86. The van der Waals surface area contributed by atoms with Gasteiger partial charge in [0.2, 0.25) is 5.91 Å². The van der Waals surface area contributed by atoms with Crippen molar-refractivity contribution in [1.29, 1.82) is 0 Å². The van der Waals surface area contributed by atoms with Crippen LogP contribution in [-0.2, 0) is 11.3 Å². The molecule has 0 radical (unpaired) electrons. The van der Waals surface area contributed by atoms with Crippen LogP contribution in [0.15, 0.2) is 29.4 Å². The van der Waals surface area contributed by atoms with Gasteiger partial charge in [0.1, 0.15) is 5.75 Å². The van der Waals surface area contributed by atoms with E-state index in [1.165, 1.54) is 23.1 Å². The molecule has 1 amide bonds. The molecule has 3 aromatic rings. The lowest BCUT2D eigenvalue weighted by atomic mass is 10.2. The first kappa shape index (κ1) is 21.3. The van der Waals surface area contributed by atoms with Crippen molar-refractivity contribution in [2.45, 2.75) is 39.4 Å². The Morgan fingerprint density at radius 2 is 1.97 bits per heavy atom. The van der Waals surface area contributed by atoms with Gasteiger partial charge in [0.05, 0.1) is 18.6 Å². The monoisotopic (exact) mass is 431 g/mol. The van der Waals surface area contributed by atoms with E-state index in [0.29, 0.717) is 11.0 Å². The van der Waals surface area contributed by atoms with E-state index in [-0.39, 0.29) is 11.7 Å². The SMILES string of the molecule is COc1ccc(-c2nnc(SCC(=O)Nc3nc(C)c(C)s3)n2CC(C)C)cc1. The zero-order valence-electron chi connectivity index (χ0n) is 17.2. The molecule has 0 unspecified atom stereocenters. The molecule has 1 N–H and O–H groups in total. The second kappa shape index (κ2) is 9.41. The Hall–Kier alpha value is -2.39. The smallest absolute Gasteiger partial charge is 0.236 e. The van der Waals surface area contributed by atoms with Crippen molar-refractivity contribution >= 4 is 34.1 Å². The van der Waals surface area contributed by atoms with Gasteiger partial charge in [-0.15, -0.1) is 21.5 Å². The molecule has 2 heterocycles. The number of carbonyl (C=O) groups excluding carboxylic acids is 1. The number of anilines is 1. The number of methoxy groups -OCH3 is 1. The summed E-state index contributed by atoms with van der Waals surface area (Å²) in [6.07, 6.45) is 0. The highest BCUT2D eigenvalue weighted by atomic mass is 32.2. The number of rotatable bonds is 8. The van der Waals surface area contributed by atoms with Gasteiger partial charge in [-0.25, -0.2) is 4.98 Å². The molecular formula is C20H25N5O2S2. The van der Waals surface area contributed by atoms with E-state index < -0.39 is 0 Å². The first-order valence-electron chi connectivity index (χ1n) is 9.31. The highest BCUT2D eigenvalue weighted by Gasteiger charge is 2.17. The standard InChI is InChI=1S/C20H25N5O2S2/c1-12(2)10-25-18(15-6-8-16(27-5)9-7-15)23-24-20(25)28-11-17(26)22-19-21-13(3)14(4)29-19/h6-9,12H,10-11H2,1-5H3,(H,21,22,26). The predicted molar refractivity (Wildman–Crippen MR) is 118 cm³/mol. The van der Waals surface area contributed by atoms with Crippen LogP contribution in [0.4, 0.5) is 5.13 Å². The number of aromatic nitrogens is 4. The summed E-state index contributed by atoms with van der Waals surface area (Å²) in [7, 11) is 1.64. The fraction of sp³-hybridized carbons (Fsp3) is 0.400. The maximum atomic E-state index is 12.4. The number of amides is 1. The van der Waals surface area contributed by atoms with Crippen LogP contribution in [0, 0.1) is 19.8 Å². The average molecular weight is 432 g/mol. The molecule has 0 atom stereocenters. The number of nitrogens with one attached hydrogen (secondary N) is 1. The van der Waals surface area contributed by atoms with E-state index in [1.54, 1.807) is 7.11 Å². The molecule has 7 nitrogen and oxygen atoms in total. The predicted octanol–water partition coefficient (Wildman–Crippen LogP) is 4.41. The Bertz CT molecular complexity index is 960. The molecule has 0 bridgehead atoms. The molecular weight excluding hydrogens is 406 g/mol. The molecule has 0 spiro atoms. The molecule has 0 fully saturated rings. The van der Waals surface area contributed by atoms with Crippen molar-refractivity contribution in [2.75, 3.05) is 18.2 Å². The fourth-order valence-corrected chi connectivity index (χ4v) is 4.27. The number of hydrogen-bond acceptors (Lipinski definition) is 7. The maximum absolute atomic E-state index is 12.4. The lowest BCUT2D eigenvalue weighted by Crippen LogP contribution is -2.15. The van der Waals surface area contributed by atoms with Crippen LogP contribution < -0.4 is 10.1 Å². The van der Waals surface area contributed by atoms with Gasteiger partial charge in [-0.05, 0) is 44.0 Å². The van der Waals surface area contributed by atoms with Gasteiger partial charge in [0, 0.05) is 17.0 Å². The number of aryl methyl sites for hydroxylation is 2. The molecule has 2 aromatic heterocycles. The summed E-state index contributed by atoms with van der Waals surface area (Å²) in [5.41, 5.74) is 1.91. The first-order chi connectivity index (χ1) is 13.9. The number of ether oxygens (including phenoxy) is 1. The minimum Gasteiger partial charge on any atom is -0.497 e. The van der Waals surface area contributed by atoms with Crippen LogP contribution >= 0.6 is 23.1 Å². The van der Waals surface area contributed by atoms with Crippen molar-refractivity contribution in [3.63, 3.8) is 0 Å². The van der Waals surface area contributed by atoms with Crippen molar-refractivity contribution < 1.29 is 9.53 Å². The molecule has 29 heavy (non-hydrogen) atoms. The van der Waals surface area contributed by atoms with Crippen LogP contribution in [0.2, 0.25) is 0 Å². The molecule has 0 aliphatic carbocycles. The number of nitrogens with zero attached hydrogens (tertiary/aromatic N) is 4. The fourth-order valence-electron chi connectivity index (χ4n) is 2.69. The number of hydrogen-bond donors (Lipinski definition) is 1. The minimum atomic E-state index is -0.103. The van der Waals surface area contributed by atoms with Gasteiger partial charge in [-0.1, -0.05) is 25.6 Å². The molecule has 3 rings (SSSR count). The zero-order valence-corrected chi connectivity index (χ0v) is 18.9. The van der Waals surface area contributed by atoms with E-state index in [4.69, 9.17) is 4.74 Å². The lowest BCUT2D eigenvalue weighted by molar-refractivity contribution is -0.113. The van der Waals surface area contributed by atoms with Crippen molar-refractivity contribution in [3.8, 4) is 17.1 Å². The third-order valence-electron chi connectivity index (χ3n) is 4.22. The van der Waals surface area contributed by atoms with Crippen molar-refractivity contribution in [2.24, 2.45) is 5.92 Å². The first-order valence-corrected chi connectivity index (χ1v) is 11.1. The van der Waals surface area contributed by atoms with E-state index in [1.807, 2.05) is 38.1 Å². The normalized spacial score (nSPS) is 11.1. The van der Waals surface area contributed by atoms with Crippen LogP contribution in [0.5, 0.6) is 5.75 Å². The van der Waals surface area contributed by atoms with Crippen molar-refractivity contribution in [1.82, 2.24) is 19.7 Å². The van der Waals surface area contributed by atoms with E-state index >= 15 is 0 Å². The Morgan fingerprint density at radius 3 is 2.55 bits per heavy atom. The second-order valence-electron chi connectivity index (χ2n) is 7.04. The summed E-state index contributed by atoms with van der Waals surface area (Å²) in [6, 6.07) is 7.74. The van der Waals surface area contributed by atoms with E-state index in [2.05, 4.69) is 38.9 Å². The van der Waals surface area contributed by atoms with Crippen LogP contribution in [-0.4, -0.2) is 38.5 Å². The molecule has 0 aliphatic rings. The van der Waals surface area contributed by atoms with Crippen LogP contribution in [0.3, 0.4) is 0 Å². The van der Waals surface area contributed by atoms with Crippen LogP contribution in [0.1, 0.15) is 24.4 Å². The van der Waals surface area contributed by atoms with Gasteiger partial charge < -0.3 is 14.6 Å². The van der Waals surface area contributed by atoms with Gasteiger partial charge >= 0.3 is 0 Å². The summed E-state index contributed by atoms with van der Waals surface area (Å²) in [5.74, 6) is 2.14. The van der Waals surface area contributed by atoms with Crippen molar-refractivity contribution in [3.05, 3.63) is 34.8 Å². The van der Waals surface area contributed by atoms with Gasteiger partial charge in [0.25, 0.3) is 0 Å². The topological polar surface area (TPSA) is 81.9 Å². The Balaban J connectivity index is 1.74. The Labute approximate surface area is 178 Å². The quantitative estimate of drug-likeness (QED) is 0.532. The largest absolute Gasteiger partial charge is 0.497 e.